The number of anilines is 1. The van der Waals surface area contributed by atoms with E-state index in [0.717, 1.165) is 27.0 Å². The van der Waals surface area contributed by atoms with Crippen molar-refractivity contribution in [1.29, 1.82) is 0 Å². The molecule has 1 N–H and O–H groups in total. The average molecular weight is 370 g/mol. The smallest absolute Gasteiger partial charge is 0.229 e. The number of carbonyl (C=O) groups excluding carboxylic acids is 1. The monoisotopic (exact) mass is 370 g/mol. The lowest BCUT2D eigenvalue weighted by molar-refractivity contribution is -0.115. The van der Waals surface area contributed by atoms with Gasteiger partial charge < -0.3 is 4.74 Å². The molecule has 136 valence electrons. The third kappa shape index (κ3) is 5.63. The Morgan fingerprint density at radius 2 is 1.88 bits per heavy atom. The highest BCUT2D eigenvalue weighted by molar-refractivity contribution is 7.15. The van der Waals surface area contributed by atoms with Gasteiger partial charge in [-0.15, -0.1) is 11.3 Å². The maximum atomic E-state index is 11.3. The Hall–Kier alpha value is -2.80. The SMILES string of the molecule is CCC(=O)Nc1nccc(-c2sc(C)nc2C)n1.COc1ccccc1. The lowest BCUT2D eigenvalue weighted by Gasteiger charge is -2.03. The highest BCUT2D eigenvalue weighted by Crippen LogP contribution is 2.28. The molecule has 0 saturated heterocycles. The summed E-state index contributed by atoms with van der Waals surface area (Å²) in [6.07, 6.45) is 2.05. The largest absolute Gasteiger partial charge is 0.497 e. The number of aromatic nitrogens is 3. The van der Waals surface area contributed by atoms with Crippen LogP contribution in [0.15, 0.2) is 42.6 Å². The standard InChI is InChI=1S/C12H14N4OS.C7H8O/c1-4-10(17)16-12-13-6-5-9(15-12)11-7(2)14-8(3)18-11;1-8-7-5-3-2-4-6-7/h5-6H,4H2,1-3H3,(H,13,15,16,17);2-6H,1H3. The van der Waals surface area contributed by atoms with Crippen LogP contribution in [0.4, 0.5) is 5.95 Å². The zero-order valence-corrected chi connectivity index (χ0v) is 16.1. The Labute approximate surface area is 157 Å². The van der Waals surface area contributed by atoms with Gasteiger partial charge in [0.15, 0.2) is 0 Å². The van der Waals surface area contributed by atoms with E-state index in [2.05, 4.69) is 20.3 Å². The fraction of sp³-hybridized carbons (Fsp3) is 0.263. The zero-order valence-electron chi connectivity index (χ0n) is 15.3. The molecule has 1 amide bonds. The number of thiazole rings is 1. The van der Waals surface area contributed by atoms with Gasteiger partial charge in [-0.05, 0) is 32.0 Å². The molecular weight excluding hydrogens is 348 g/mol. The van der Waals surface area contributed by atoms with Crippen molar-refractivity contribution >= 4 is 23.2 Å². The summed E-state index contributed by atoms with van der Waals surface area (Å²) in [6, 6.07) is 11.5. The molecule has 1 aromatic carbocycles. The second kappa shape index (κ2) is 9.62. The average Bonchev–Trinajstić information content (AvgIpc) is 3.01. The molecule has 7 heteroatoms. The fourth-order valence-electron chi connectivity index (χ4n) is 2.08. The molecule has 0 atom stereocenters. The first kappa shape index (κ1) is 19.5. The van der Waals surface area contributed by atoms with Crippen LogP contribution >= 0.6 is 11.3 Å². The highest BCUT2D eigenvalue weighted by Gasteiger charge is 2.10. The molecule has 0 aliphatic carbocycles. The van der Waals surface area contributed by atoms with E-state index >= 15 is 0 Å². The number of benzene rings is 1. The number of rotatable bonds is 4. The van der Waals surface area contributed by atoms with Gasteiger partial charge in [0.1, 0.15) is 5.75 Å². The van der Waals surface area contributed by atoms with Crippen molar-refractivity contribution in [2.75, 3.05) is 12.4 Å². The first-order chi connectivity index (χ1) is 12.5. The third-order valence-electron chi connectivity index (χ3n) is 3.34. The Morgan fingerprint density at radius 1 is 1.15 bits per heavy atom. The molecule has 3 rings (SSSR count). The lowest BCUT2D eigenvalue weighted by atomic mass is 10.3. The summed E-state index contributed by atoms with van der Waals surface area (Å²) in [4.78, 5) is 25.0. The van der Waals surface area contributed by atoms with Crippen LogP contribution in [-0.2, 0) is 4.79 Å². The molecule has 6 nitrogen and oxygen atoms in total. The van der Waals surface area contributed by atoms with Crippen LogP contribution in [0.2, 0.25) is 0 Å². The van der Waals surface area contributed by atoms with Crippen LogP contribution in [0.3, 0.4) is 0 Å². The molecule has 2 heterocycles. The van der Waals surface area contributed by atoms with Crippen LogP contribution in [0, 0.1) is 13.8 Å². The Bertz CT molecular complexity index is 850. The van der Waals surface area contributed by atoms with Crippen molar-refractivity contribution in [2.45, 2.75) is 27.2 Å². The molecular formula is C19H22N4O2S. The summed E-state index contributed by atoms with van der Waals surface area (Å²) >= 11 is 1.59. The summed E-state index contributed by atoms with van der Waals surface area (Å²) in [7, 11) is 1.66. The molecule has 0 aliphatic rings. The van der Waals surface area contributed by atoms with Gasteiger partial charge in [0, 0.05) is 12.6 Å². The molecule has 2 aromatic heterocycles. The first-order valence-corrected chi connectivity index (χ1v) is 9.01. The zero-order chi connectivity index (χ0) is 18.9. The van der Waals surface area contributed by atoms with Gasteiger partial charge >= 0.3 is 0 Å². The van der Waals surface area contributed by atoms with Crippen LogP contribution < -0.4 is 10.1 Å². The van der Waals surface area contributed by atoms with Gasteiger partial charge in [-0.3, -0.25) is 10.1 Å². The summed E-state index contributed by atoms with van der Waals surface area (Å²) in [6.45, 7) is 5.70. The van der Waals surface area contributed by atoms with E-state index in [9.17, 15) is 4.79 Å². The van der Waals surface area contributed by atoms with E-state index in [4.69, 9.17) is 4.74 Å². The molecule has 0 bridgehead atoms. The molecule has 0 unspecified atom stereocenters. The van der Waals surface area contributed by atoms with E-state index in [1.165, 1.54) is 0 Å². The van der Waals surface area contributed by atoms with Crippen molar-refractivity contribution < 1.29 is 9.53 Å². The number of hydrogen-bond acceptors (Lipinski definition) is 6. The number of amides is 1. The second-order valence-corrected chi connectivity index (χ2v) is 6.54. The number of carbonyl (C=O) groups is 1. The van der Waals surface area contributed by atoms with Crippen LogP contribution in [0.25, 0.3) is 10.6 Å². The van der Waals surface area contributed by atoms with Crippen molar-refractivity contribution in [2.24, 2.45) is 0 Å². The van der Waals surface area contributed by atoms with Gasteiger partial charge in [-0.1, -0.05) is 25.1 Å². The minimum atomic E-state index is -0.0932. The number of nitrogens with one attached hydrogen (secondary N) is 1. The predicted octanol–water partition coefficient (Wildman–Crippen LogP) is 4.26. The number of methoxy groups -OCH3 is 1. The summed E-state index contributed by atoms with van der Waals surface area (Å²) in [5.74, 6) is 1.15. The van der Waals surface area contributed by atoms with Gasteiger partial charge in [-0.25, -0.2) is 15.0 Å². The first-order valence-electron chi connectivity index (χ1n) is 8.19. The minimum absolute atomic E-state index is 0.0932. The summed E-state index contributed by atoms with van der Waals surface area (Å²) in [5, 5.41) is 3.65. The molecule has 0 aliphatic heterocycles. The van der Waals surface area contributed by atoms with Crippen LogP contribution in [-0.4, -0.2) is 28.0 Å². The van der Waals surface area contributed by atoms with E-state index in [0.29, 0.717) is 12.4 Å². The van der Waals surface area contributed by atoms with Crippen molar-refractivity contribution in [3.63, 3.8) is 0 Å². The predicted molar refractivity (Wildman–Crippen MR) is 105 cm³/mol. The van der Waals surface area contributed by atoms with Crippen LogP contribution in [0.1, 0.15) is 24.0 Å². The Morgan fingerprint density at radius 3 is 2.42 bits per heavy atom. The Balaban J connectivity index is 0.000000254. The molecule has 26 heavy (non-hydrogen) atoms. The summed E-state index contributed by atoms with van der Waals surface area (Å²) in [5.41, 5.74) is 1.74. The second-order valence-electron chi connectivity index (χ2n) is 5.33. The van der Waals surface area contributed by atoms with Gasteiger partial charge in [0.05, 0.1) is 28.4 Å². The number of ether oxygens (including phenoxy) is 1. The topological polar surface area (TPSA) is 77.0 Å². The van der Waals surface area contributed by atoms with Crippen molar-refractivity contribution in [3.05, 3.63) is 53.3 Å². The van der Waals surface area contributed by atoms with E-state index in [1.54, 1.807) is 31.6 Å². The van der Waals surface area contributed by atoms with E-state index in [-0.39, 0.29) is 5.91 Å². The molecule has 0 fully saturated rings. The minimum Gasteiger partial charge on any atom is -0.497 e. The van der Waals surface area contributed by atoms with Gasteiger partial charge in [0.25, 0.3) is 0 Å². The van der Waals surface area contributed by atoms with Crippen molar-refractivity contribution in [1.82, 2.24) is 15.0 Å². The maximum Gasteiger partial charge on any atom is 0.229 e. The number of aryl methyl sites for hydroxylation is 2. The van der Waals surface area contributed by atoms with E-state index in [1.807, 2.05) is 50.2 Å². The van der Waals surface area contributed by atoms with Crippen LogP contribution in [0.5, 0.6) is 5.75 Å². The lowest BCUT2D eigenvalue weighted by Crippen LogP contribution is -2.12. The molecule has 0 saturated carbocycles. The molecule has 0 radical (unpaired) electrons. The van der Waals surface area contributed by atoms with Gasteiger partial charge in [0.2, 0.25) is 11.9 Å². The normalized spacial score (nSPS) is 9.85. The maximum absolute atomic E-state index is 11.3. The van der Waals surface area contributed by atoms with E-state index < -0.39 is 0 Å². The Kier molecular flexibility index (Phi) is 7.23. The summed E-state index contributed by atoms with van der Waals surface area (Å²) < 4.78 is 4.91. The number of para-hydroxylation sites is 1. The highest BCUT2D eigenvalue weighted by atomic mass is 32.1. The van der Waals surface area contributed by atoms with Crippen molar-refractivity contribution in [3.8, 4) is 16.3 Å². The third-order valence-corrected chi connectivity index (χ3v) is 4.44. The fourth-order valence-corrected chi connectivity index (χ4v) is 2.97. The molecule has 0 spiro atoms. The number of hydrogen-bond donors (Lipinski definition) is 1. The quantitative estimate of drug-likeness (QED) is 0.742. The van der Waals surface area contributed by atoms with Gasteiger partial charge in [-0.2, -0.15) is 0 Å². The molecule has 3 aromatic rings. The number of nitrogens with zero attached hydrogens (tertiary/aromatic N) is 3.